The topological polar surface area (TPSA) is 66.0 Å². The van der Waals surface area contributed by atoms with Crippen LogP contribution in [0.4, 0.5) is 0 Å². The SMILES string of the molecule is C=CC1COC(C=C(C#N)C#N)O1. The molecule has 2 atom stereocenters. The van der Waals surface area contributed by atoms with Gasteiger partial charge in [0.25, 0.3) is 0 Å². The molecule has 1 rings (SSSR count). The average molecular weight is 176 g/mol. The summed E-state index contributed by atoms with van der Waals surface area (Å²) in [7, 11) is 0. The van der Waals surface area contributed by atoms with Crippen LogP contribution in [0.5, 0.6) is 0 Å². The van der Waals surface area contributed by atoms with Gasteiger partial charge in [0, 0.05) is 0 Å². The maximum Gasteiger partial charge on any atom is 0.180 e. The van der Waals surface area contributed by atoms with E-state index in [4.69, 9.17) is 20.0 Å². The van der Waals surface area contributed by atoms with Gasteiger partial charge in [-0.25, -0.2) is 0 Å². The van der Waals surface area contributed by atoms with Crippen LogP contribution in [0, 0.1) is 22.7 Å². The predicted molar refractivity (Wildman–Crippen MR) is 44.1 cm³/mol. The molecule has 66 valence electrons. The molecule has 0 radical (unpaired) electrons. The minimum atomic E-state index is -0.600. The van der Waals surface area contributed by atoms with Crippen LogP contribution in [0.25, 0.3) is 0 Å². The summed E-state index contributed by atoms with van der Waals surface area (Å²) in [6.45, 7) is 3.95. The Morgan fingerprint density at radius 2 is 2.15 bits per heavy atom. The molecule has 1 saturated heterocycles. The molecule has 0 aliphatic carbocycles. The van der Waals surface area contributed by atoms with Crippen molar-refractivity contribution in [1.82, 2.24) is 0 Å². The van der Waals surface area contributed by atoms with E-state index >= 15 is 0 Å². The van der Waals surface area contributed by atoms with Crippen molar-refractivity contribution in [3.63, 3.8) is 0 Å². The highest BCUT2D eigenvalue weighted by Crippen LogP contribution is 2.14. The zero-order chi connectivity index (χ0) is 9.68. The van der Waals surface area contributed by atoms with E-state index in [-0.39, 0.29) is 11.7 Å². The number of nitriles is 2. The van der Waals surface area contributed by atoms with Crippen molar-refractivity contribution < 1.29 is 9.47 Å². The predicted octanol–water partition coefficient (Wildman–Crippen LogP) is 0.887. The largest absolute Gasteiger partial charge is 0.346 e. The van der Waals surface area contributed by atoms with Crippen LogP contribution in [-0.2, 0) is 9.47 Å². The van der Waals surface area contributed by atoms with Crippen molar-refractivity contribution in [2.45, 2.75) is 12.4 Å². The fourth-order valence-electron chi connectivity index (χ4n) is 0.887. The molecular formula is C9H8N2O2. The van der Waals surface area contributed by atoms with Crippen LogP contribution in [0.1, 0.15) is 0 Å². The van der Waals surface area contributed by atoms with Gasteiger partial charge in [0.2, 0.25) is 0 Å². The van der Waals surface area contributed by atoms with Crippen LogP contribution in [0.15, 0.2) is 24.3 Å². The van der Waals surface area contributed by atoms with Crippen LogP contribution in [0.2, 0.25) is 0 Å². The third-order valence-corrected chi connectivity index (χ3v) is 1.54. The molecule has 1 heterocycles. The second-order valence-corrected chi connectivity index (χ2v) is 2.42. The summed E-state index contributed by atoms with van der Waals surface area (Å²) in [6.07, 6.45) is 2.22. The molecule has 0 aromatic carbocycles. The molecule has 0 spiro atoms. The van der Waals surface area contributed by atoms with Gasteiger partial charge < -0.3 is 9.47 Å². The average Bonchev–Trinajstić information content (AvgIpc) is 2.61. The van der Waals surface area contributed by atoms with Gasteiger partial charge in [0.05, 0.1) is 6.61 Å². The van der Waals surface area contributed by atoms with Crippen molar-refractivity contribution in [2.75, 3.05) is 6.61 Å². The summed E-state index contributed by atoms with van der Waals surface area (Å²) in [5.74, 6) is 0. The van der Waals surface area contributed by atoms with E-state index in [0.29, 0.717) is 6.61 Å². The lowest BCUT2D eigenvalue weighted by molar-refractivity contribution is -0.0118. The summed E-state index contributed by atoms with van der Waals surface area (Å²) < 4.78 is 10.3. The van der Waals surface area contributed by atoms with Crippen LogP contribution >= 0.6 is 0 Å². The third kappa shape index (κ3) is 2.41. The summed E-state index contributed by atoms with van der Waals surface area (Å²) in [4.78, 5) is 0. The molecule has 13 heavy (non-hydrogen) atoms. The lowest BCUT2D eigenvalue weighted by Crippen LogP contribution is -2.07. The maximum absolute atomic E-state index is 8.44. The van der Waals surface area contributed by atoms with Gasteiger partial charge in [-0.15, -0.1) is 6.58 Å². The van der Waals surface area contributed by atoms with Gasteiger partial charge in [0.1, 0.15) is 23.8 Å². The van der Waals surface area contributed by atoms with Crippen molar-refractivity contribution >= 4 is 0 Å². The monoisotopic (exact) mass is 176 g/mol. The van der Waals surface area contributed by atoms with Gasteiger partial charge in [-0.1, -0.05) is 6.08 Å². The fourth-order valence-corrected chi connectivity index (χ4v) is 0.887. The van der Waals surface area contributed by atoms with Gasteiger partial charge >= 0.3 is 0 Å². The van der Waals surface area contributed by atoms with E-state index in [1.165, 1.54) is 6.08 Å². The van der Waals surface area contributed by atoms with Crippen molar-refractivity contribution in [3.8, 4) is 12.1 Å². The molecule has 4 nitrogen and oxygen atoms in total. The van der Waals surface area contributed by atoms with Crippen LogP contribution < -0.4 is 0 Å². The first kappa shape index (κ1) is 9.47. The Balaban J connectivity index is 2.59. The van der Waals surface area contributed by atoms with Crippen LogP contribution in [0.3, 0.4) is 0 Å². The van der Waals surface area contributed by atoms with Gasteiger partial charge in [0.15, 0.2) is 6.29 Å². The number of allylic oxidation sites excluding steroid dienone is 1. The fraction of sp³-hybridized carbons (Fsp3) is 0.333. The Kier molecular flexibility index (Phi) is 3.22. The minimum Gasteiger partial charge on any atom is -0.346 e. The Morgan fingerprint density at radius 3 is 2.62 bits per heavy atom. The molecule has 0 amide bonds. The molecule has 0 bridgehead atoms. The molecule has 1 aliphatic heterocycles. The highest BCUT2D eigenvalue weighted by atomic mass is 16.7. The molecule has 4 heteroatoms. The van der Waals surface area contributed by atoms with Crippen LogP contribution in [-0.4, -0.2) is 19.0 Å². The van der Waals surface area contributed by atoms with E-state index in [1.807, 2.05) is 0 Å². The molecule has 1 fully saturated rings. The molecule has 0 aromatic heterocycles. The minimum absolute atomic E-state index is 0.00490. The van der Waals surface area contributed by atoms with E-state index in [2.05, 4.69) is 6.58 Å². The zero-order valence-corrected chi connectivity index (χ0v) is 6.93. The summed E-state index contributed by atoms with van der Waals surface area (Å²) in [5.41, 5.74) is -0.00490. The van der Waals surface area contributed by atoms with Gasteiger partial charge in [-0.3, -0.25) is 0 Å². The van der Waals surface area contributed by atoms with Gasteiger partial charge in [-0.2, -0.15) is 10.5 Å². The zero-order valence-electron chi connectivity index (χ0n) is 6.93. The number of rotatable bonds is 2. The van der Waals surface area contributed by atoms with Crippen molar-refractivity contribution in [2.24, 2.45) is 0 Å². The van der Waals surface area contributed by atoms with Gasteiger partial charge in [-0.05, 0) is 6.08 Å². The molecule has 0 saturated carbocycles. The Morgan fingerprint density at radius 1 is 1.46 bits per heavy atom. The maximum atomic E-state index is 8.44. The first-order valence-electron chi connectivity index (χ1n) is 3.71. The first-order valence-corrected chi connectivity index (χ1v) is 3.71. The Bertz CT molecular complexity index is 293. The number of ether oxygens (including phenoxy) is 2. The number of hydrogen-bond acceptors (Lipinski definition) is 4. The quantitative estimate of drug-likeness (QED) is 0.463. The van der Waals surface area contributed by atoms with E-state index < -0.39 is 6.29 Å². The van der Waals surface area contributed by atoms with Crippen molar-refractivity contribution in [3.05, 3.63) is 24.3 Å². The second-order valence-electron chi connectivity index (χ2n) is 2.42. The molecule has 0 aromatic rings. The van der Waals surface area contributed by atoms with Crippen molar-refractivity contribution in [1.29, 1.82) is 10.5 Å². The Labute approximate surface area is 76.3 Å². The second kappa shape index (κ2) is 4.42. The molecule has 0 N–H and O–H groups in total. The molecule has 2 unspecified atom stereocenters. The van der Waals surface area contributed by atoms with E-state index in [9.17, 15) is 0 Å². The molecule has 1 aliphatic rings. The highest BCUT2D eigenvalue weighted by molar-refractivity contribution is 5.35. The molecular weight excluding hydrogens is 168 g/mol. The number of nitrogens with zero attached hydrogens (tertiary/aromatic N) is 2. The highest BCUT2D eigenvalue weighted by Gasteiger charge is 2.22. The number of hydrogen-bond donors (Lipinski definition) is 0. The summed E-state index contributed by atoms with van der Waals surface area (Å²) in [6, 6.07) is 3.45. The third-order valence-electron chi connectivity index (χ3n) is 1.54. The Hall–Kier alpha value is -1.62. The smallest absolute Gasteiger partial charge is 0.180 e. The normalized spacial score (nSPS) is 25.7. The lowest BCUT2D eigenvalue weighted by Gasteiger charge is -2.02. The standard InChI is InChI=1S/C9H8N2O2/c1-2-8-6-12-9(13-8)3-7(4-10)5-11/h2-3,8-9H,1,6H2. The summed E-state index contributed by atoms with van der Waals surface area (Å²) >= 11 is 0. The van der Waals surface area contributed by atoms with E-state index in [0.717, 1.165) is 0 Å². The lowest BCUT2D eigenvalue weighted by atomic mass is 10.3. The van der Waals surface area contributed by atoms with E-state index in [1.54, 1.807) is 18.2 Å². The first-order chi connectivity index (χ1) is 6.30. The summed E-state index contributed by atoms with van der Waals surface area (Å²) in [5, 5.41) is 16.9.